The maximum absolute atomic E-state index is 12.1. The first-order chi connectivity index (χ1) is 11.5. The second-order valence-corrected chi connectivity index (χ2v) is 6.52. The highest BCUT2D eigenvalue weighted by Gasteiger charge is 2.16. The standard InChI is InChI=1S/C19H21NO3S/c1-13(2)16-5-7-17(8-6-16)20-19(22)14(3)23-18(21)9-4-15-10-11-24-12-15/h4-14H,1-3H3,(H,20,22)/b9-4+/t14-/m0/s1. The van der Waals surface area contributed by atoms with Gasteiger partial charge in [0.1, 0.15) is 0 Å². The average molecular weight is 343 g/mol. The molecule has 1 heterocycles. The van der Waals surface area contributed by atoms with E-state index in [2.05, 4.69) is 19.2 Å². The minimum absolute atomic E-state index is 0.357. The number of amides is 1. The van der Waals surface area contributed by atoms with E-state index >= 15 is 0 Å². The monoisotopic (exact) mass is 343 g/mol. The molecular weight excluding hydrogens is 322 g/mol. The zero-order chi connectivity index (χ0) is 17.5. The van der Waals surface area contributed by atoms with Gasteiger partial charge in [0.2, 0.25) is 0 Å². The summed E-state index contributed by atoms with van der Waals surface area (Å²) in [4.78, 5) is 23.8. The molecule has 0 aliphatic rings. The number of carbonyl (C=O) groups is 2. The average Bonchev–Trinajstić information content (AvgIpc) is 3.06. The third-order valence-electron chi connectivity index (χ3n) is 3.46. The van der Waals surface area contributed by atoms with Gasteiger partial charge in [-0.15, -0.1) is 0 Å². The first-order valence-corrected chi connectivity index (χ1v) is 8.71. The molecule has 0 bridgehead atoms. The zero-order valence-corrected chi connectivity index (χ0v) is 14.8. The van der Waals surface area contributed by atoms with Crippen LogP contribution in [0.5, 0.6) is 0 Å². The quantitative estimate of drug-likeness (QED) is 0.622. The van der Waals surface area contributed by atoms with Gasteiger partial charge in [0, 0.05) is 11.8 Å². The van der Waals surface area contributed by atoms with Crippen LogP contribution in [0.3, 0.4) is 0 Å². The van der Waals surface area contributed by atoms with Crippen molar-refractivity contribution in [1.29, 1.82) is 0 Å². The lowest BCUT2D eigenvalue weighted by Crippen LogP contribution is -2.29. The number of thiophene rings is 1. The molecule has 0 saturated carbocycles. The Hall–Kier alpha value is -2.40. The van der Waals surface area contributed by atoms with E-state index in [0.717, 1.165) is 5.56 Å². The molecule has 1 N–H and O–H groups in total. The van der Waals surface area contributed by atoms with Gasteiger partial charge < -0.3 is 10.1 Å². The number of anilines is 1. The van der Waals surface area contributed by atoms with Crippen LogP contribution in [0.25, 0.3) is 6.08 Å². The van der Waals surface area contributed by atoms with Crippen molar-refractivity contribution < 1.29 is 14.3 Å². The summed E-state index contributed by atoms with van der Waals surface area (Å²) in [6.07, 6.45) is 2.12. The Bertz CT molecular complexity index is 703. The first-order valence-electron chi connectivity index (χ1n) is 7.77. The number of hydrogen-bond donors (Lipinski definition) is 1. The molecule has 1 amide bonds. The minimum atomic E-state index is -0.866. The Morgan fingerprint density at radius 2 is 1.83 bits per heavy atom. The third-order valence-corrected chi connectivity index (χ3v) is 4.16. The van der Waals surface area contributed by atoms with Crippen molar-refractivity contribution >= 4 is 35.0 Å². The highest BCUT2D eigenvalue weighted by molar-refractivity contribution is 7.08. The van der Waals surface area contributed by atoms with E-state index in [0.29, 0.717) is 11.6 Å². The van der Waals surface area contributed by atoms with Crippen molar-refractivity contribution in [1.82, 2.24) is 0 Å². The lowest BCUT2D eigenvalue weighted by Gasteiger charge is -2.13. The van der Waals surface area contributed by atoms with Gasteiger partial charge >= 0.3 is 5.97 Å². The molecular formula is C19H21NO3S. The van der Waals surface area contributed by atoms with Crippen molar-refractivity contribution in [3.8, 4) is 0 Å². The van der Waals surface area contributed by atoms with Crippen LogP contribution in [0.1, 0.15) is 37.8 Å². The number of carbonyl (C=O) groups excluding carboxylic acids is 2. The number of esters is 1. The van der Waals surface area contributed by atoms with Crippen molar-refractivity contribution in [2.45, 2.75) is 32.8 Å². The van der Waals surface area contributed by atoms with Gasteiger partial charge in [0.25, 0.3) is 5.91 Å². The number of nitrogens with one attached hydrogen (secondary N) is 1. The molecule has 0 spiro atoms. The van der Waals surface area contributed by atoms with E-state index in [-0.39, 0.29) is 5.91 Å². The fourth-order valence-corrected chi connectivity index (χ4v) is 2.62. The maximum Gasteiger partial charge on any atom is 0.331 e. The van der Waals surface area contributed by atoms with Crippen LogP contribution in [0, 0.1) is 0 Å². The molecule has 5 heteroatoms. The van der Waals surface area contributed by atoms with E-state index in [1.807, 2.05) is 41.1 Å². The van der Waals surface area contributed by atoms with Crippen molar-refractivity contribution in [3.05, 3.63) is 58.3 Å². The topological polar surface area (TPSA) is 55.4 Å². The molecule has 2 rings (SSSR count). The van der Waals surface area contributed by atoms with Crippen LogP contribution in [-0.4, -0.2) is 18.0 Å². The second kappa shape index (κ2) is 8.45. The summed E-state index contributed by atoms with van der Waals surface area (Å²) >= 11 is 1.55. The van der Waals surface area contributed by atoms with Crippen molar-refractivity contribution in [2.75, 3.05) is 5.32 Å². The highest BCUT2D eigenvalue weighted by atomic mass is 32.1. The Morgan fingerprint density at radius 1 is 1.12 bits per heavy atom. The number of hydrogen-bond acceptors (Lipinski definition) is 4. The van der Waals surface area contributed by atoms with Gasteiger partial charge in [0.05, 0.1) is 0 Å². The molecule has 126 valence electrons. The van der Waals surface area contributed by atoms with Gasteiger partial charge in [-0.1, -0.05) is 26.0 Å². The van der Waals surface area contributed by atoms with E-state index in [9.17, 15) is 9.59 Å². The van der Waals surface area contributed by atoms with Crippen LogP contribution in [0.4, 0.5) is 5.69 Å². The predicted molar refractivity (Wildman–Crippen MR) is 98.1 cm³/mol. The summed E-state index contributed by atoms with van der Waals surface area (Å²) in [5.41, 5.74) is 2.81. The lowest BCUT2D eigenvalue weighted by atomic mass is 10.0. The summed E-state index contributed by atoms with van der Waals surface area (Å²) in [6, 6.07) is 9.53. The number of ether oxygens (including phenoxy) is 1. The highest BCUT2D eigenvalue weighted by Crippen LogP contribution is 2.17. The summed E-state index contributed by atoms with van der Waals surface area (Å²) in [5, 5.41) is 6.58. The smallest absolute Gasteiger partial charge is 0.331 e. The summed E-state index contributed by atoms with van der Waals surface area (Å²) < 4.78 is 5.11. The third kappa shape index (κ3) is 5.35. The van der Waals surface area contributed by atoms with Gasteiger partial charge in [-0.05, 0) is 59.0 Å². The Labute approximate surface area is 146 Å². The van der Waals surface area contributed by atoms with Crippen molar-refractivity contribution in [2.24, 2.45) is 0 Å². The Morgan fingerprint density at radius 3 is 2.42 bits per heavy atom. The van der Waals surface area contributed by atoms with E-state index in [1.165, 1.54) is 11.6 Å². The molecule has 0 unspecified atom stereocenters. The predicted octanol–water partition coefficient (Wildman–Crippen LogP) is 4.46. The molecule has 0 saturated heterocycles. The van der Waals surface area contributed by atoms with Crippen LogP contribution in [0.2, 0.25) is 0 Å². The van der Waals surface area contributed by atoms with Crippen LogP contribution in [0.15, 0.2) is 47.2 Å². The SMILES string of the molecule is CC(C)c1ccc(NC(=O)[C@H](C)OC(=O)/C=C/c2ccsc2)cc1. The summed E-state index contributed by atoms with van der Waals surface area (Å²) in [6.45, 7) is 5.77. The molecule has 24 heavy (non-hydrogen) atoms. The molecule has 0 aliphatic heterocycles. The maximum atomic E-state index is 12.1. The van der Waals surface area contributed by atoms with Crippen LogP contribution >= 0.6 is 11.3 Å². The summed E-state index contributed by atoms with van der Waals surface area (Å²) in [7, 11) is 0. The van der Waals surface area contributed by atoms with Gasteiger partial charge in [-0.2, -0.15) is 11.3 Å². The molecule has 1 aromatic carbocycles. The number of benzene rings is 1. The van der Waals surface area contributed by atoms with E-state index in [4.69, 9.17) is 4.74 Å². The largest absolute Gasteiger partial charge is 0.449 e. The summed E-state index contributed by atoms with van der Waals surface area (Å²) in [5.74, 6) is -0.465. The van der Waals surface area contributed by atoms with Crippen LogP contribution < -0.4 is 5.32 Å². The van der Waals surface area contributed by atoms with Gasteiger partial charge in [0.15, 0.2) is 6.10 Å². The van der Waals surface area contributed by atoms with Crippen molar-refractivity contribution in [3.63, 3.8) is 0 Å². The normalized spacial score (nSPS) is 12.3. The van der Waals surface area contributed by atoms with Gasteiger partial charge in [-0.3, -0.25) is 4.79 Å². The van der Waals surface area contributed by atoms with E-state index < -0.39 is 12.1 Å². The molecule has 1 aromatic heterocycles. The molecule has 0 aliphatic carbocycles. The second-order valence-electron chi connectivity index (χ2n) is 5.74. The molecule has 4 nitrogen and oxygen atoms in total. The lowest BCUT2D eigenvalue weighted by molar-refractivity contribution is -0.148. The number of rotatable bonds is 6. The minimum Gasteiger partial charge on any atom is -0.449 e. The van der Waals surface area contributed by atoms with Crippen LogP contribution in [-0.2, 0) is 14.3 Å². The molecule has 1 atom stereocenters. The molecule has 0 fully saturated rings. The fourth-order valence-electron chi connectivity index (χ4n) is 2.00. The molecule has 0 radical (unpaired) electrons. The van der Waals surface area contributed by atoms with Gasteiger partial charge in [-0.25, -0.2) is 4.79 Å². The zero-order valence-electron chi connectivity index (χ0n) is 14.0. The molecule has 2 aromatic rings. The fraction of sp³-hybridized carbons (Fsp3) is 0.263. The first kappa shape index (κ1) is 17.9. The Balaban J connectivity index is 1.86. The van der Waals surface area contributed by atoms with E-state index in [1.54, 1.807) is 24.3 Å². The Kier molecular flexibility index (Phi) is 6.32.